The van der Waals surface area contributed by atoms with E-state index in [9.17, 15) is 4.79 Å². The highest BCUT2D eigenvalue weighted by atomic mass is 32.1. The minimum atomic E-state index is 0.0284. The predicted octanol–water partition coefficient (Wildman–Crippen LogP) is 2.02. The second-order valence-electron chi connectivity index (χ2n) is 3.48. The van der Waals surface area contributed by atoms with Crippen LogP contribution in [0.3, 0.4) is 0 Å². The van der Waals surface area contributed by atoms with Crippen LogP contribution in [0.5, 0.6) is 0 Å². The molecule has 0 bridgehead atoms. The molecule has 0 aliphatic rings. The maximum absolute atomic E-state index is 11.6. The Labute approximate surface area is 108 Å². The molecule has 0 aliphatic carbocycles. The fourth-order valence-electron chi connectivity index (χ4n) is 1.31. The first kappa shape index (κ1) is 12.2. The highest BCUT2D eigenvalue weighted by Gasteiger charge is 2.06. The minimum Gasteiger partial charge on any atom is -0.349 e. The number of carbonyl (C=O) groups is 1. The summed E-state index contributed by atoms with van der Waals surface area (Å²) in [5, 5.41) is 14.7. The Hall–Kier alpha value is -1.27. The van der Waals surface area contributed by atoms with E-state index in [1.165, 1.54) is 0 Å². The van der Waals surface area contributed by atoms with Crippen LogP contribution in [-0.2, 0) is 24.2 Å². The molecule has 1 amide bonds. The summed E-state index contributed by atoms with van der Waals surface area (Å²) < 4.78 is 0. The number of hydrogen-bond donors (Lipinski definition) is 1. The van der Waals surface area contributed by atoms with Gasteiger partial charge in [0.25, 0.3) is 0 Å². The van der Waals surface area contributed by atoms with E-state index in [1.807, 2.05) is 24.4 Å². The lowest BCUT2D eigenvalue weighted by atomic mass is 10.3. The molecule has 0 saturated carbocycles. The van der Waals surface area contributed by atoms with Gasteiger partial charge in [-0.05, 0) is 17.9 Å². The molecule has 2 aromatic heterocycles. The van der Waals surface area contributed by atoms with Gasteiger partial charge >= 0.3 is 0 Å². The van der Waals surface area contributed by atoms with Crippen molar-refractivity contribution in [2.75, 3.05) is 0 Å². The third-order valence-corrected chi connectivity index (χ3v) is 4.11. The number of carbonyl (C=O) groups excluding carboxylic acids is 1. The van der Waals surface area contributed by atoms with E-state index in [2.05, 4.69) is 15.5 Å². The molecule has 90 valence electrons. The van der Waals surface area contributed by atoms with Crippen LogP contribution in [0.4, 0.5) is 0 Å². The zero-order valence-corrected chi connectivity index (χ0v) is 11.1. The second kappa shape index (κ2) is 5.88. The Kier molecular flexibility index (Phi) is 4.22. The van der Waals surface area contributed by atoms with Gasteiger partial charge in [-0.2, -0.15) is 0 Å². The number of thiophene rings is 1. The molecule has 2 aromatic rings. The van der Waals surface area contributed by atoms with Gasteiger partial charge in [-0.25, -0.2) is 0 Å². The summed E-state index contributed by atoms with van der Waals surface area (Å²) in [4.78, 5) is 12.7. The smallest absolute Gasteiger partial charge is 0.225 e. The fraction of sp³-hybridized carbons (Fsp3) is 0.364. The van der Waals surface area contributed by atoms with E-state index in [4.69, 9.17) is 0 Å². The molecule has 6 heteroatoms. The molecule has 0 spiro atoms. The van der Waals surface area contributed by atoms with Crippen molar-refractivity contribution in [3.63, 3.8) is 0 Å². The van der Waals surface area contributed by atoms with Crippen LogP contribution in [0.25, 0.3) is 0 Å². The molecule has 2 rings (SSSR count). The Balaban J connectivity index is 1.79. The van der Waals surface area contributed by atoms with Gasteiger partial charge in [-0.15, -0.1) is 21.5 Å². The molecule has 17 heavy (non-hydrogen) atoms. The monoisotopic (exact) mass is 267 g/mol. The van der Waals surface area contributed by atoms with Crippen molar-refractivity contribution in [2.24, 2.45) is 0 Å². The Morgan fingerprint density at radius 1 is 1.41 bits per heavy atom. The van der Waals surface area contributed by atoms with Crippen molar-refractivity contribution in [1.29, 1.82) is 0 Å². The van der Waals surface area contributed by atoms with Crippen molar-refractivity contribution in [3.8, 4) is 0 Å². The lowest BCUT2D eigenvalue weighted by Crippen LogP contribution is -2.24. The van der Waals surface area contributed by atoms with Crippen molar-refractivity contribution in [1.82, 2.24) is 15.5 Å². The number of hydrogen-bond acceptors (Lipinski definition) is 5. The Morgan fingerprint density at radius 3 is 2.88 bits per heavy atom. The van der Waals surface area contributed by atoms with Gasteiger partial charge in [0.15, 0.2) is 0 Å². The first-order chi connectivity index (χ1) is 8.28. The molecule has 1 N–H and O–H groups in total. The average Bonchev–Trinajstić information content (AvgIpc) is 2.96. The van der Waals surface area contributed by atoms with Gasteiger partial charge in [-0.3, -0.25) is 4.79 Å². The van der Waals surface area contributed by atoms with Gasteiger partial charge < -0.3 is 5.32 Å². The number of nitrogens with zero attached hydrogens (tertiary/aromatic N) is 2. The van der Waals surface area contributed by atoms with E-state index in [0.29, 0.717) is 13.0 Å². The zero-order valence-electron chi connectivity index (χ0n) is 9.47. The van der Waals surface area contributed by atoms with E-state index >= 15 is 0 Å². The maximum atomic E-state index is 11.6. The molecule has 0 radical (unpaired) electrons. The van der Waals surface area contributed by atoms with Crippen molar-refractivity contribution in [2.45, 2.75) is 26.3 Å². The Bertz CT molecular complexity index is 479. The van der Waals surface area contributed by atoms with Crippen LogP contribution >= 0.6 is 22.7 Å². The predicted molar refractivity (Wildman–Crippen MR) is 69.2 cm³/mol. The van der Waals surface area contributed by atoms with Gasteiger partial charge in [0.2, 0.25) is 5.91 Å². The topological polar surface area (TPSA) is 54.9 Å². The maximum Gasteiger partial charge on any atom is 0.225 e. The Morgan fingerprint density at radius 2 is 2.24 bits per heavy atom. The number of amides is 1. The molecule has 0 aromatic carbocycles. The fourth-order valence-corrected chi connectivity index (χ4v) is 2.74. The molecule has 0 atom stereocenters. The van der Waals surface area contributed by atoms with E-state index in [0.717, 1.165) is 21.3 Å². The first-order valence-electron chi connectivity index (χ1n) is 5.38. The highest BCUT2D eigenvalue weighted by Crippen LogP contribution is 2.11. The van der Waals surface area contributed by atoms with Crippen LogP contribution in [0.15, 0.2) is 17.5 Å². The third-order valence-electron chi connectivity index (χ3n) is 2.16. The van der Waals surface area contributed by atoms with E-state index in [-0.39, 0.29) is 5.91 Å². The first-order valence-corrected chi connectivity index (χ1v) is 7.08. The molecule has 2 heterocycles. The van der Waals surface area contributed by atoms with Crippen LogP contribution in [0.1, 0.15) is 21.8 Å². The van der Waals surface area contributed by atoms with Gasteiger partial charge in [0.05, 0.1) is 13.0 Å². The number of rotatable bonds is 5. The summed E-state index contributed by atoms with van der Waals surface area (Å²) in [5.74, 6) is 0.0284. The van der Waals surface area contributed by atoms with E-state index < -0.39 is 0 Å². The molecular formula is C11H13N3OS2. The summed E-state index contributed by atoms with van der Waals surface area (Å²) in [6.45, 7) is 2.52. The SMILES string of the molecule is CCc1nnc(CNC(=O)Cc2cccs2)s1. The van der Waals surface area contributed by atoms with Gasteiger partial charge in [0, 0.05) is 4.88 Å². The summed E-state index contributed by atoms with van der Waals surface area (Å²) in [7, 11) is 0. The lowest BCUT2D eigenvalue weighted by Gasteiger charge is -2.00. The van der Waals surface area contributed by atoms with Crippen molar-refractivity contribution in [3.05, 3.63) is 32.4 Å². The third kappa shape index (κ3) is 3.61. The van der Waals surface area contributed by atoms with Crippen LogP contribution in [0.2, 0.25) is 0 Å². The number of nitrogens with one attached hydrogen (secondary N) is 1. The highest BCUT2D eigenvalue weighted by molar-refractivity contribution is 7.11. The molecule has 0 saturated heterocycles. The van der Waals surface area contributed by atoms with Crippen LogP contribution in [-0.4, -0.2) is 16.1 Å². The minimum absolute atomic E-state index is 0.0284. The summed E-state index contributed by atoms with van der Waals surface area (Å²) in [6.07, 6.45) is 1.33. The van der Waals surface area contributed by atoms with Crippen LogP contribution < -0.4 is 5.32 Å². The summed E-state index contributed by atoms with van der Waals surface area (Å²) in [6, 6.07) is 3.91. The van der Waals surface area contributed by atoms with Gasteiger partial charge in [0.1, 0.15) is 10.0 Å². The standard InChI is InChI=1S/C11H13N3OS2/c1-2-10-13-14-11(17-10)7-12-9(15)6-8-4-3-5-16-8/h3-5H,2,6-7H2,1H3,(H,12,15). The molecule has 0 unspecified atom stereocenters. The molecule has 0 fully saturated rings. The zero-order chi connectivity index (χ0) is 12.1. The lowest BCUT2D eigenvalue weighted by molar-refractivity contribution is -0.120. The largest absolute Gasteiger partial charge is 0.349 e. The van der Waals surface area contributed by atoms with Crippen molar-refractivity contribution < 1.29 is 4.79 Å². The summed E-state index contributed by atoms with van der Waals surface area (Å²) >= 11 is 3.14. The normalized spacial score (nSPS) is 10.4. The number of aryl methyl sites for hydroxylation is 1. The van der Waals surface area contributed by atoms with E-state index in [1.54, 1.807) is 22.7 Å². The molecule has 4 nitrogen and oxygen atoms in total. The van der Waals surface area contributed by atoms with Crippen LogP contribution in [0, 0.1) is 0 Å². The van der Waals surface area contributed by atoms with Gasteiger partial charge in [-0.1, -0.05) is 24.3 Å². The molecular weight excluding hydrogens is 254 g/mol. The summed E-state index contributed by atoms with van der Waals surface area (Å²) in [5.41, 5.74) is 0. The van der Waals surface area contributed by atoms with Crippen molar-refractivity contribution >= 4 is 28.6 Å². The molecule has 0 aliphatic heterocycles. The second-order valence-corrected chi connectivity index (χ2v) is 5.65. The quantitative estimate of drug-likeness (QED) is 0.901. The average molecular weight is 267 g/mol. The number of aromatic nitrogens is 2.